The number of rotatable bonds is 6. The van der Waals surface area contributed by atoms with E-state index in [2.05, 4.69) is 15.9 Å². The first-order valence-electron chi connectivity index (χ1n) is 6.07. The van der Waals surface area contributed by atoms with Gasteiger partial charge in [0.2, 0.25) is 5.91 Å². The van der Waals surface area contributed by atoms with Gasteiger partial charge in [0.05, 0.1) is 19.0 Å². The van der Waals surface area contributed by atoms with Crippen molar-refractivity contribution in [3.63, 3.8) is 0 Å². The van der Waals surface area contributed by atoms with E-state index in [0.717, 1.165) is 16.6 Å². The lowest BCUT2D eigenvalue weighted by atomic mass is 10.2. The van der Waals surface area contributed by atoms with Gasteiger partial charge in [-0.2, -0.15) is 5.26 Å². The van der Waals surface area contributed by atoms with E-state index < -0.39 is 0 Å². The number of hydrogen-bond donors (Lipinski definition) is 0. The normalized spacial score (nSPS) is 10.3. The van der Waals surface area contributed by atoms with Crippen molar-refractivity contribution in [2.75, 3.05) is 27.2 Å². The predicted molar refractivity (Wildman–Crippen MR) is 78.3 cm³/mol. The fraction of sp³-hybridized carbons (Fsp3) is 0.429. The van der Waals surface area contributed by atoms with Crippen molar-refractivity contribution < 1.29 is 4.79 Å². The Morgan fingerprint density at radius 1 is 1.42 bits per heavy atom. The Kier molecular flexibility index (Phi) is 6.54. The molecule has 0 aliphatic rings. The lowest BCUT2D eigenvalue weighted by Crippen LogP contribution is -2.36. The highest BCUT2D eigenvalue weighted by atomic mass is 79.9. The van der Waals surface area contributed by atoms with E-state index >= 15 is 0 Å². The summed E-state index contributed by atoms with van der Waals surface area (Å²) in [6.07, 6.45) is 0.373. The smallest absolute Gasteiger partial charge is 0.236 e. The number of likely N-dealkylation sites (N-methyl/N-ethyl adjacent to an activating group) is 2. The Morgan fingerprint density at radius 2 is 2.16 bits per heavy atom. The van der Waals surface area contributed by atoms with E-state index in [1.165, 1.54) is 0 Å². The van der Waals surface area contributed by atoms with Crippen LogP contribution in [-0.4, -0.2) is 42.9 Å². The maximum absolute atomic E-state index is 11.9. The third-order valence-corrected chi connectivity index (χ3v) is 3.22. The van der Waals surface area contributed by atoms with Gasteiger partial charge in [-0.25, -0.2) is 0 Å². The van der Waals surface area contributed by atoms with Crippen molar-refractivity contribution >= 4 is 21.8 Å². The minimum atomic E-state index is 0.0350. The van der Waals surface area contributed by atoms with Gasteiger partial charge in [-0.1, -0.05) is 28.1 Å². The number of amides is 1. The van der Waals surface area contributed by atoms with Gasteiger partial charge in [0.15, 0.2) is 0 Å². The van der Waals surface area contributed by atoms with E-state index in [1.54, 1.807) is 11.9 Å². The average molecular weight is 324 g/mol. The zero-order chi connectivity index (χ0) is 14.3. The average Bonchev–Trinajstić information content (AvgIpc) is 2.35. The van der Waals surface area contributed by atoms with Crippen LogP contribution in [0.2, 0.25) is 0 Å². The molecule has 0 radical (unpaired) electrons. The Labute approximate surface area is 122 Å². The van der Waals surface area contributed by atoms with Crippen LogP contribution in [0.25, 0.3) is 0 Å². The first-order valence-corrected chi connectivity index (χ1v) is 6.86. The van der Waals surface area contributed by atoms with Crippen molar-refractivity contribution in [2.24, 2.45) is 0 Å². The van der Waals surface area contributed by atoms with Gasteiger partial charge < -0.3 is 4.90 Å². The van der Waals surface area contributed by atoms with Crippen LogP contribution in [0.1, 0.15) is 12.0 Å². The van der Waals surface area contributed by atoms with Gasteiger partial charge in [0.1, 0.15) is 0 Å². The lowest BCUT2D eigenvalue weighted by Gasteiger charge is -2.21. The topological polar surface area (TPSA) is 47.3 Å². The highest BCUT2D eigenvalue weighted by Crippen LogP contribution is 2.12. The van der Waals surface area contributed by atoms with Crippen LogP contribution in [0.5, 0.6) is 0 Å². The second kappa shape index (κ2) is 7.93. The number of nitriles is 1. The molecule has 19 heavy (non-hydrogen) atoms. The largest absolute Gasteiger partial charge is 0.344 e. The predicted octanol–water partition coefficient (Wildman–Crippen LogP) is 2.25. The van der Waals surface area contributed by atoms with Crippen LogP contribution in [0.15, 0.2) is 28.7 Å². The molecule has 102 valence electrons. The molecule has 0 atom stereocenters. The number of carbonyl (C=O) groups is 1. The molecule has 1 amide bonds. The van der Waals surface area contributed by atoms with Gasteiger partial charge in [0, 0.05) is 24.6 Å². The number of halogens is 1. The molecule has 0 unspecified atom stereocenters. The summed E-state index contributed by atoms with van der Waals surface area (Å²) in [5.74, 6) is 0.0350. The fourth-order valence-corrected chi connectivity index (χ4v) is 2.14. The molecule has 0 N–H and O–H groups in total. The first kappa shape index (κ1) is 15.7. The van der Waals surface area contributed by atoms with Crippen LogP contribution >= 0.6 is 15.9 Å². The van der Waals surface area contributed by atoms with E-state index in [9.17, 15) is 4.79 Å². The summed E-state index contributed by atoms with van der Waals surface area (Å²) >= 11 is 3.43. The third-order valence-electron chi connectivity index (χ3n) is 2.73. The fourth-order valence-electron chi connectivity index (χ4n) is 1.70. The van der Waals surface area contributed by atoms with Gasteiger partial charge in [0.25, 0.3) is 0 Å². The summed E-state index contributed by atoms with van der Waals surface area (Å²) in [5, 5.41) is 8.50. The maximum Gasteiger partial charge on any atom is 0.236 e. The van der Waals surface area contributed by atoms with E-state index in [0.29, 0.717) is 19.5 Å². The highest BCUT2D eigenvalue weighted by Gasteiger charge is 2.11. The molecule has 1 aromatic rings. The molecule has 4 nitrogen and oxygen atoms in total. The van der Waals surface area contributed by atoms with Gasteiger partial charge in [-0.3, -0.25) is 9.69 Å². The van der Waals surface area contributed by atoms with E-state index in [-0.39, 0.29) is 5.91 Å². The van der Waals surface area contributed by atoms with Crippen molar-refractivity contribution in [2.45, 2.75) is 13.0 Å². The summed E-state index contributed by atoms with van der Waals surface area (Å²) in [6, 6.07) is 10.1. The summed E-state index contributed by atoms with van der Waals surface area (Å²) in [6.45, 7) is 1.56. The van der Waals surface area contributed by atoms with Crippen LogP contribution in [0.4, 0.5) is 0 Å². The molecule has 0 aromatic heterocycles. The second-order valence-corrected chi connectivity index (χ2v) is 5.44. The summed E-state index contributed by atoms with van der Waals surface area (Å²) < 4.78 is 1.04. The minimum absolute atomic E-state index is 0.0350. The van der Waals surface area contributed by atoms with Crippen LogP contribution < -0.4 is 0 Å². The molecule has 0 fully saturated rings. The zero-order valence-electron chi connectivity index (χ0n) is 11.3. The Balaban J connectivity index is 2.44. The van der Waals surface area contributed by atoms with Crippen molar-refractivity contribution in [3.8, 4) is 6.07 Å². The first-order chi connectivity index (χ1) is 9.02. The molecule has 0 aliphatic carbocycles. The Bertz CT molecular complexity index is 470. The number of benzene rings is 1. The second-order valence-electron chi connectivity index (χ2n) is 4.53. The number of hydrogen-bond acceptors (Lipinski definition) is 3. The van der Waals surface area contributed by atoms with Gasteiger partial charge in [-0.05, 0) is 24.7 Å². The molecule has 0 heterocycles. The molecule has 0 saturated heterocycles. The highest BCUT2D eigenvalue weighted by molar-refractivity contribution is 9.10. The summed E-state index contributed by atoms with van der Waals surface area (Å²) in [7, 11) is 3.64. The lowest BCUT2D eigenvalue weighted by molar-refractivity contribution is -0.130. The molecule has 1 rings (SSSR count). The van der Waals surface area contributed by atoms with E-state index in [4.69, 9.17) is 5.26 Å². The van der Waals surface area contributed by atoms with Gasteiger partial charge in [-0.15, -0.1) is 0 Å². The van der Waals surface area contributed by atoms with E-state index in [1.807, 2.05) is 42.3 Å². The monoisotopic (exact) mass is 323 g/mol. The van der Waals surface area contributed by atoms with Crippen LogP contribution in [0, 0.1) is 11.3 Å². The Hall–Kier alpha value is -1.38. The summed E-state index contributed by atoms with van der Waals surface area (Å²) in [4.78, 5) is 15.4. The van der Waals surface area contributed by atoms with Crippen LogP contribution in [0.3, 0.4) is 0 Å². The van der Waals surface area contributed by atoms with Crippen molar-refractivity contribution in [3.05, 3.63) is 34.3 Å². The standard InChI is InChI=1S/C14H18BrN3O/c1-17(10-12-5-3-6-13(15)9-12)11-14(19)18(2)8-4-7-16/h3,5-6,9H,4,8,10-11H2,1-2H3. The SMILES string of the molecule is CN(CC(=O)N(C)CCC#N)Cc1cccc(Br)c1. The number of carbonyl (C=O) groups excluding carboxylic acids is 1. The minimum Gasteiger partial charge on any atom is -0.344 e. The molecule has 0 spiro atoms. The molecule has 0 bridgehead atoms. The number of nitrogens with zero attached hydrogens (tertiary/aromatic N) is 3. The summed E-state index contributed by atoms with van der Waals surface area (Å²) in [5.41, 5.74) is 1.16. The third kappa shape index (κ3) is 5.86. The van der Waals surface area contributed by atoms with Gasteiger partial charge >= 0.3 is 0 Å². The van der Waals surface area contributed by atoms with Crippen molar-refractivity contribution in [1.82, 2.24) is 9.80 Å². The molecule has 1 aromatic carbocycles. The molecular weight excluding hydrogens is 306 g/mol. The van der Waals surface area contributed by atoms with Crippen molar-refractivity contribution in [1.29, 1.82) is 5.26 Å². The molecule has 5 heteroatoms. The molecular formula is C14H18BrN3O. The molecule has 0 saturated carbocycles. The zero-order valence-corrected chi connectivity index (χ0v) is 12.9. The van der Waals surface area contributed by atoms with Crippen LogP contribution in [-0.2, 0) is 11.3 Å². The molecule has 0 aliphatic heterocycles. The maximum atomic E-state index is 11.9. The Morgan fingerprint density at radius 3 is 2.79 bits per heavy atom. The quantitative estimate of drug-likeness (QED) is 0.806.